The number of piperidine rings is 3. The first-order chi connectivity index (χ1) is 23.3. The summed E-state index contributed by atoms with van der Waals surface area (Å²) < 4.78 is 7.41. The summed E-state index contributed by atoms with van der Waals surface area (Å²) in [7, 11) is 3.42. The molecule has 0 spiro atoms. The van der Waals surface area contributed by atoms with Gasteiger partial charge >= 0.3 is 0 Å². The minimum absolute atomic E-state index is 0.120. The number of imide groups is 1. The highest BCUT2D eigenvalue weighted by Gasteiger charge is 2.31. The number of likely N-dealkylation sites (tertiary alicyclic amines) is 1. The maximum atomic E-state index is 12.5. The number of carbonyl (C=O) groups excluding carboxylic acids is 2. The Labute approximate surface area is 285 Å². The van der Waals surface area contributed by atoms with Gasteiger partial charge in [-0.3, -0.25) is 29.7 Å². The summed E-state index contributed by atoms with van der Waals surface area (Å²) in [6, 6.07) is 12.6. The molecule has 2 aromatic heterocycles. The van der Waals surface area contributed by atoms with E-state index in [1.54, 1.807) is 24.9 Å². The number of hydrogen-bond donors (Lipinski definition) is 2. The zero-order valence-corrected chi connectivity index (χ0v) is 28.4. The summed E-state index contributed by atoms with van der Waals surface area (Å²) in [5.41, 5.74) is 5.50. The Hall–Kier alpha value is -4.15. The van der Waals surface area contributed by atoms with Gasteiger partial charge in [0.15, 0.2) is 0 Å². The smallest absolute Gasteiger partial charge is 0.276 e. The van der Waals surface area contributed by atoms with Crippen LogP contribution in [0.5, 0.6) is 5.75 Å². The Morgan fingerprint density at radius 1 is 0.958 bits per heavy atom. The number of carbonyl (C=O) groups is 2. The monoisotopic (exact) mass is 670 g/mol. The molecule has 2 N–H and O–H groups in total. The lowest BCUT2D eigenvalue weighted by Crippen LogP contribution is -2.41. The van der Waals surface area contributed by atoms with Crippen LogP contribution in [0.4, 0.5) is 5.69 Å². The minimum Gasteiger partial charge on any atom is -0.496 e. The molecule has 1 unspecified atom stereocenters. The van der Waals surface area contributed by atoms with Crippen molar-refractivity contribution in [3.05, 3.63) is 75.3 Å². The number of amides is 2. The molecule has 3 aliphatic rings. The molecule has 3 saturated heterocycles. The van der Waals surface area contributed by atoms with Crippen molar-refractivity contribution in [3.8, 4) is 16.9 Å². The fraction of sp³-hybridized carbons (Fsp3) is 0.459. The number of methoxy groups -OCH3 is 1. The number of aryl methyl sites for hydroxylation is 1. The first-order valence-corrected chi connectivity index (χ1v) is 17.4. The maximum Gasteiger partial charge on any atom is 0.276 e. The van der Waals surface area contributed by atoms with Crippen molar-refractivity contribution in [3.63, 3.8) is 0 Å². The summed E-state index contributed by atoms with van der Waals surface area (Å²) in [5.74, 6) is 1.81. The van der Waals surface area contributed by atoms with Gasteiger partial charge in [0.25, 0.3) is 5.56 Å². The normalized spacial score (nSPS) is 20.0. The van der Waals surface area contributed by atoms with E-state index in [4.69, 9.17) is 16.3 Å². The van der Waals surface area contributed by atoms with E-state index in [0.717, 1.165) is 77.9 Å². The van der Waals surface area contributed by atoms with Gasteiger partial charge in [-0.25, -0.2) is 0 Å². The molecule has 11 heteroatoms. The number of anilines is 1. The number of nitrogens with zero attached hydrogens (tertiary/aromatic N) is 4. The fourth-order valence-electron chi connectivity index (χ4n) is 7.98. The molecule has 10 nitrogen and oxygen atoms in total. The molecule has 3 aliphatic heterocycles. The molecule has 0 saturated carbocycles. The number of hydrogen-bond acceptors (Lipinski definition) is 7. The molecule has 0 bridgehead atoms. The second-order valence-electron chi connectivity index (χ2n) is 13.7. The lowest BCUT2D eigenvalue weighted by atomic mass is 9.78. The molecular formula is C37H43ClN6O4. The van der Waals surface area contributed by atoms with E-state index < -0.39 is 0 Å². The Balaban J connectivity index is 0.922. The van der Waals surface area contributed by atoms with Crippen molar-refractivity contribution in [2.24, 2.45) is 24.8 Å². The van der Waals surface area contributed by atoms with Crippen molar-refractivity contribution < 1.29 is 14.3 Å². The van der Waals surface area contributed by atoms with Crippen molar-refractivity contribution in [2.75, 3.05) is 38.2 Å². The van der Waals surface area contributed by atoms with Gasteiger partial charge < -0.3 is 14.2 Å². The molecule has 4 aromatic rings. The second-order valence-corrected chi connectivity index (χ2v) is 14.1. The summed E-state index contributed by atoms with van der Waals surface area (Å²) in [5, 5.41) is 10.8. The zero-order valence-electron chi connectivity index (χ0n) is 27.6. The number of aromatic amines is 1. The molecule has 0 radical (unpaired) electrons. The van der Waals surface area contributed by atoms with E-state index in [1.165, 1.54) is 31.4 Å². The molecule has 48 heavy (non-hydrogen) atoms. The molecule has 252 valence electrons. The SMILES string of the molecule is COc1cc(-c2cn(C)c(=O)c3[nH]ncc23)cc(Cl)c1CN1CCC(C2CCN(c3ccc(CC4CCC(=O)NC4=O)cc3)CC2)CC1. The minimum atomic E-state index is -0.162. The number of aromatic nitrogens is 3. The molecule has 0 aliphatic carbocycles. The van der Waals surface area contributed by atoms with Gasteiger partial charge in [-0.2, -0.15) is 5.10 Å². The van der Waals surface area contributed by atoms with Gasteiger partial charge in [0, 0.05) is 72.4 Å². The van der Waals surface area contributed by atoms with Crippen LogP contribution in [0, 0.1) is 17.8 Å². The highest BCUT2D eigenvalue weighted by Crippen LogP contribution is 2.38. The van der Waals surface area contributed by atoms with Crippen LogP contribution in [0.25, 0.3) is 22.0 Å². The fourth-order valence-corrected chi connectivity index (χ4v) is 8.25. The van der Waals surface area contributed by atoms with Crippen molar-refractivity contribution in [1.82, 2.24) is 25.0 Å². The van der Waals surface area contributed by atoms with E-state index in [-0.39, 0.29) is 23.3 Å². The first-order valence-electron chi connectivity index (χ1n) is 17.1. The van der Waals surface area contributed by atoms with E-state index in [9.17, 15) is 14.4 Å². The van der Waals surface area contributed by atoms with Crippen molar-refractivity contribution in [1.29, 1.82) is 0 Å². The van der Waals surface area contributed by atoms with Gasteiger partial charge in [0.05, 0.1) is 13.3 Å². The third kappa shape index (κ3) is 6.60. The average molecular weight is 671 g/mol. The predicted octanol–water partition coefficient (Wildman–Crippen LogP) is 5.31. The van der Waals surface area contributed by atoms with Gasteiger partial charge in [-0.05, 0) is 98.8 Å². The van der Waals surface area contributed by atoms with E-state index in [0.29, 0.717) is 29.8 Å². The third-order valence-electron chi connectivity index (χ3n) is 10.8. The number of rotatable bonds is 8. The molecule has 1 atom stereocenters. The lowest BCUT2D eigenvalue weighted by Gasteiger charge is -2.41. The summed E-state index contributed by atoms with van der Waals surface area (Å²) in [4.78, 5) is 41.1. The van der Waals surface area contributed by atoms with Crippen LogP contribution in [0.2, 0.25) is 5.02 Å². The van der Waals surface area contributed by atoms with E-state index in [1.807, 2.05) is 18.3 Å². The molecular weight excluding hydrogens is 628 g/mol. The summed E-state index contributed by atoms with van der Waals surface area (Å²) in [6.45, 7) is 4.95. The summed E-state index contributed by atoms with van der Waals surface area (Å²) >= 11 is 6.93. The number of fused-ring (bicyclic) bond motifs is 1. The molecule has 7 rings (SSSR count). The van der Waals surface area contributed by atoms with Crippen LogP contribution in [0.3, 0.4) is 0 Å². The van der Waals surface area contributed by atoms with Crippen LogP contribution in [-0.2, 0) is 29.6 Å². The Bertz CT molecular complexity index is 1870. The quantitative estimate of drug-likeness (QED) is 0.244. The number of H-pyrrole nitrogens is 1. The largest absolute Gasteiger partial charge is 0.496 e. The average Bonchev–Trinajstić information content (AvgIpc) is 3.60. The van der Waals surface area contributed by atoms with Crippen LogP contribution in [0.15, 0.2) is 53.6 Å². The molecule has 3 fully saturated rings. The summed E-state index contributed by atoms with van der Waals surface area (Å²) in [6.07, 6.45) is 10.0. The molecule has 2 amide bonds. The Morgan fingerprint density at radius 2 is 1.67 bits per heavy atom. The third-order valence-corrected chi connectivity index (χ3v) is 11.2. The number of benzene rings is 2. The highest BCUT2D eigenvalue weighted by molar-refractivity contribution is 6.32. The number of ether oxygens (including phenoxy) is 1. The second kappa shape index (κ2) is 13.8. The zero-order chi connectivity index (χ0) is 33.4. The van der Waals surface area contributed by atoms with Crippen LogP contribution < -0.4 is 20.5 Å². The van der Waals surface area contributed by atoms with Gasteiger partial charge in [0.1, 0.15) is 11.3 Å². The Kier molecular flexibility index (Phi) is 9.29. The van der Waals surface area contributed by atoms with Gasteiger partial charge in [-0.15, -0.1) is 0 Å². The number of nitrogens with one attached hydrogen (secondary N) is 2. The lowest BCUT2D eigenvalue weighted by molar-refractivity contribution is -0.136. The Morgan fingerprint density at radius 3 is 2.35 bits per heavy atom. The predicted molar refractivity (Wildman–Crippen MR) is 187 cm³/mol. The molecule has 2 aromatic carbocycles. The number of pyridine rings is 1. The number of halogens is 1. The van der Waals surface area contributed by atoms with E-state index >= 15 is 0 Å². The maximum absolute atomic E-state index is 12.5. The first kappa shape index (κ1) is 32.4. The highest BCUT2D eigenvalue weighted by atomic mass is 35.5. The van der Waals surface area contributed by atoms with Gasteiger partial charge in [0.2, 0.25) is 11.8 Å². The van der Waals surface area contributed by atoms with E-state index in [2.05, 4.69) is 49.6 Å². The van der Waals surface area contributed by atoms with Gasteiger partial charge in [-0.1, -0.05) is 23.7 Å². The standard InChI is InChI=1S/C37H43ClN6O4/c1-42-21-30(29-20-39-41-35(29)37(42)47)27-18-32(38)31(33(19-27)48-2)22-43-13-9-24(10-14-43)25-11-15-44(16-12-25)28-6-3-23(4-7-28)17-26-5-8-34(45)40-36(26)46/h3-4,6-7,18-21,24-26H,5,8-17,22H2,1-2H3,(H,39,41)(H,40,45,46). The van der Waals surface area contributed by atoms with Crippen LogP contribution in [0.1, 0.15) is 49.7 Å². The van der Waals surface area contributed by atoms with Crippen LogP contribution >= 0.6 is 11.6 Å². The molecule has 5 heterocycles. The van der Waals surface area contributed by atoms with Crippen LogP contribution in [-0.4, -0.2) is 64.8 Å². The topological polar surface area (TPSA) is 113 Å². The van der Waals surface area contributed by atoms with Crippen molar-refractivity contribution in [2.45, 2.75) is 51.5 Å². The van der Waals surface area contributed by atoms with Crippen molar-refractivity contribution >= 4 is 40.0 Å².